The quantitative estimate of drug-likeness (QED) is 0.584. The summed E-state index contributed by atoms with van der Waals surface area (Å²) in [6.07, 6.45) is 3.54. The lowest BCUT2D eigenvalue weighted by Gasteiger charge is -2.07. The molecule has 5 nitrogen and oxygen atoms in total. The number of thiophene rings is 1. The summed E-state index contributed by atoms with van der Waals surface area (Å²) < 4.78 is 0. The molecule has 0 fully saturated rings. The predicted octanol–water partition coefficient (Wildman–Crippen LogP) is 3.35. The van der Waals surface area contributed by atoms with E-state index >= 15 is 0 Å². The van der Waals surface area contributed by atoms with E-state index in [0.717, 1.165) is 10.4 Å². The van der Waals surface area contributed by atoms with Gasteiger partial charge in [-0.15, -0.1) is 11.3 Å². The molecule has 0 atom stereocenters. The minimum Gasteiger partial charge on any atom is -0.382 e. The van der Waals surface area contributed by atoms with Crippen LogP contribution in [0, 0.1) is 11.3 Å². The molecule has 2 N–H and O–H groups in total. The first-order valence-electron chi connectivity index (χ1n) is 6.41. The topological polar surface area (TPSA) is 88.5 Å². The first kappa shape index (κ1) is 14.5. The Hall–Kier alpha value is -2.43. The van der Waals surface area contributed by atoms with E-state index in [9.17, 15) is 5.26 Å². The summed E-state index contributed by atoms with van der Waals surface area (Å²) in [6, 6.07) is 9.81. The third-order valence-corrected chi connectivity index (χ3v) is 4.67. The van der Waals surface area contributed by atoms with E-state index in [4.69, 9.17) is 5.73 Å². The van der Waals surface area contributed by atoms with Crippen molar-refractivity contribution >= 4 is 28.9 Å². The summed E-state index contributed by atoms with van der Waals surface area (Å²) in [7, 11) is 0. The first-order valence-corrected chi connectivity index (χ1v) is 8.27. The molecule has 3 aromatic heterocycles. The number of pyridine rings is 1. The molecule has 0 aromatic carbocycles. The highest BCUT2D eigenvalue weighted by molar-refractivity contribution is 7.98. The van der Waals surface area contributed by atoms with Gasteiger partial charge in [-0.2, -0.15) is 5.26 Å². The van der Waals surface area contributed by atoms with Crippen molar-refractivity contribution in [3.8, 4) is 16.6 Å². The van der Waals surface area contributed by atoms with Crippen LogP contribution in [-0.4, -0.2) is 15.0 Å². The fraction of sp³-hybridized carbons (Fsp3) is 0.0667. The van der Waals surface area contributed by atoms with Gasteiger partial charge in [-0.3, -0.25) is 4.98 Å². The SMILES string of the molecule is N#Cc1c(N)nc(SCc2cccnc2)nc1-c1cccs1. The van der Waals surface area contributed by atoms with E-state index in [2.05, 4.69) is 21.0 Å². The summed E-state index contributed by atoms with van der Waals surface area (Å²) in [6.45, 7) is 0. The smallest absolute Gasteiger partial charge is 0.190 e. The van der Waals surface area contributed by atoms with Gasteiger partial charge in [0.1, 0.15) is 23.1 Å². The minimum absolute atomic E-state index is 0.217. The van der Waals surface area contributed by atoms with Gasteiger partial charge in [0.25, 0.3) is 0 Å². The molecule has 0 aliphatic rings. The number of hydrogen-bond acceptors (Lipinski definition) is 7. The Morgan fingerprint density at radius 2 is 2.18 bits per heavy atom. The van der Waals surface area contributed by atoms with Crippen LogP contribution in [0.15, 0.2) is 47.2 Å². The first-order chi connectivity index (χ1) is 10.8. The molecule has 0 aliphatic heterocycles. The molecule has 0 unspecified atom stereocenters. The van der Waals surface area contributed by atoms with Gasteiger partial charge in [0, 0.05) is 18.1 Å². The number of rotatable bonds is 4. The largest absolute Gasteiger partial charge is 0.382 e. The molecule has 22 heavy (non-hydrogen) atoms. The number of nitrogen functional groups attached to an aromatic ring is 1. The molecule has 108 valence electrons. The fourth-order valence-electron chi connectivity index (χ4n) is 1.85. The lowest BCUT2D eigenvalue weighted by molar-refractivity contribution is 0.976. The summed E-state index contributed by atoms with van der Waals surface area (Å²) in [5.74, 6) is 0.915. The van der Waals surface area contributed by atoms with Crippen LogP contribution in [0.4, 0.5) is 5.82 Å². The van der Waals surface area contributed by atoms with E-state index < -0.39 is 0 Å². The zero-order chi connectivity index (χ0) is 15.4. The normalized spacial score (nSPS) is 10.3. The highest BCUT2D eigenvalue weighted by atomic mass is 32.2. The second-order valence-electron chi connectivity index (χ2n) is 4.35. The lowest BCUT2D eigenvalue weighted by atomic mass is 10.2. The van der Waals surface area contributed by atoms with Gasteiger partial charge in [-0.25, -0.2) is 9.97 Å². The fourth-order valence-corrected chi connectivity index (χ4v) is 3.36. The zero-order valence-corrected chi connectivity index (χ0v) is 13.1. The van der Waals surface area contributed by atoms with Crippen LogP contribution in [0.5, 0.6) is 0 Å². The molecule has 3 rings (SSSR count). The number of nitrogens with zero attached hydrogens (tertiary/aromatic N) is 4. The Labute approximate surface area is 135 Å². The van der Waals surface area contributed by atoms with Crippen LogP contribution in [-0.2, 0) is 5.75 Å². The Morgan fingerprint density at radius 1 is 1.27 bits per heavy atom. The average molecular weight is 325 g/mol. The Balaban J connectivity index is 1.91. The average Bonchev–Trinajstić information content (AvgIpc) is 3.07. The van der Waals surface area contributed by atoms with E-state index in [1.54, 1.807) is 12.4 Å². The number of nitrogens with two attached hydrogens (primary N) is 1. The predicted molar refractivity (Wildman–Crippen MR) is 88.3 cm³/mol. The summed E-state index contributed by atoms with van der Waals surface area (Å²) >= 11 is 2.99. The molecule has 0 saturated heterocycles. The Kier molecular flexibility index (Phi) is 4.32. The Morgan fingerprint density at radius 3 is 2.86 bits per heavy atom. The molecule has 0 amide bonds. The van der Waals surface area contributed by atoms with Crippen LogP contribution >= 0.6 is 23.1 Å². The summed E-state index contributed by atoms with van der Waals surface area (Å²) in [5, 5.41) is 11.8. The maximum absolute atomic E-state index is 9.28. The van der Waals surface area contributed by atoms with Gasteiger partial charge in [-0.1, -0.05) is 23.9 Å². The van der Waals surface area contributed by atoms with Crippen LogP contribution in [0.3, 0.4) is 0 Å². The number of anilines is 1. The van der Waals surface area contributed by atoms with Gasteiger partial charge in [0.15, 0.2) is 5.16 Å². The molecular weight excluding hydrogens is 314 g/mol. The number of thioether (sulfide) groups is 1. The van der Waals surface area contributed by atoms with Crippen molar-refractivity contribution in [1.29, 1.82) is 5.26 Å². The molecule has 0 radical (unpaired) electrons. The molecule has 3 heterocycles. The number of nitriles is 1. The van der Waals surface area contributed by atoms with E-state index in [1.165, 1.54) is 23.1 Å². The standard InChI is InChI=1S/C15H11N5S2/c16-7-11-13(12-4-2-6-21-12)19-15(20-14(11)17)22-9-10-3-1-5-18-8-10/h1-6,8H,9H2,(H2,17,19,20). The van der Waals surface area contributed by atoms with E-state index in [1.807, 2.05) is 29.6 Å². The van der Waals surface area contributed by atoms with E-state index in [-0.39, 0.29) is 5.82 Å². The third kappa shape index (κ3) is 3.08. The van der Waals surface area contributed by atoms with Crippen molar-refractivity contribution in [2.45, 2.75) is 10.9 Å². The van der Waals surface area contributed by atoms with Crippen molar-refractivity contribution in [1.82, 2.24) is 15.0 Å². The molecule has 0 aliphatic carbocycles. The molecule has 0 spiro atoms. The second kappa shape index (κ2) is 6.56. The monoisotopic (exact) mass is 325 g/mol. The van der Waals surface area contributed by atoms with Crippen LogP contribution < -0.4 is 5.73 Å². The van der Waals surface area contributed by atoms with Crippen LogP contribution in [0.25, 0.3) is 10.6 Å². The van der Waals surface area contributed by atoms with Crippen LogP contribution in [0.2, 0.25) is 0 Å². The molecule has 0 saturated carbocycles. The van der Waals surface area contributed by atoms with Crippen molar-refractivity contribution in [3.63, 3.8) is 0 Å². The lowest BCUT2D eigenvalue weighted by Crippen LogP contribution is -2.02. The molecule has 0 bridgehead atoms. The van der Waals surface area contributed by atoms with Gasteiger partial charge in [0.05, 0.1) is 4.88 Å². The highest BCUT2D eigenvalue weighted by Crippen LogP contribution is 2.31. The number of aromatic nitrogens is 3. The maximum Gasteiger partial charge on any atom is 0.190 e. The van der Waals surface area contributed by atoms with Crippen molar-refractivity contribution in [2.75, 3.05) is 5.73 Å². The second-order valence-corrected chi connectivity index (χ2v) is 6.24. The van der Waals surface area contributed by atoms with Crippen molar-refractivity contribution in [2.24, 2.45) is 0 Å². The van der Waals surface area contributed by atoms with Gasteiger partial charge < -0.3 is 5.73 Å². The summed E-state index contributed by atoms with van der Waals surface area (Å²) in [4.78, 5) is 13.7. The molecule has 7 heteroatoms. The van der Waals surface area contributed by atoms with Crippen molar-refractivity contribution in [3.05, 3.63) is 53.2 Å². The maximum atomic E-state index is 9.28. The van der Waals surface area contributed by atoms with Crippen molar-refractivity contribution < 1.29 is 0 Å². The minimum atomic E-state index is 0.217. The Bertz CT molecular complexity index is 810. The highest BCUT2D eigenvalue weighted by Gasteiger charge is 2.15. The van der Waals surface area contributed by atoms with Gasteiger partial charge >= 0.3 is 0 Å². The molecule has 3 aromatic rings. The zero-order valence-electron chi connectivity index (χ0n) is 11.4. The van der Waals surface area contributed by atoms with Gasteiger partial charge in [-0.05, 0) is 23.1 Å². The summed E-state index contributed by atoms with van der Waals surface area (Å²) in [5.41, 5.74) is 7.92. The van der Waals surface area contributed by atoms with Gasteiger partial charge in [0.2, 0.25) is 0 Å². The molecular formula is C15H11N5S2. The third-order valence-electron chi connectivity index (χ3n) is 2.87. The number of hydrogen-bond donors (Lipinski definition) is 1. The van der Waals surface area contributed by atoms with Crippen LogP contribution in [0.1, 0.15) is 11.1 Å². The van der Waals surface area contributed by atoms with E-state index in [0.29, 0.717) is 22.2 Å².